The summed E-state index contributed by atoms with van der Waals surface area (Å²) in [5, 5.41) is 57.6. The van der Waals surface area contributed by atoms with Crippen molar-refractivity contribution in [3.05, 3.63) is 53.6 Å². The van der Waals surface area contributed by atoms with Crippen LogP contribution in [0.4, 0.5) is 0 Å². The topological polar surface area (TPSA) is 140 Å². The van der Waals surface area contributed by atoms with Gasteiger partial charge < -0.3 is 40.1 Å². The number of hydrogen-bond acceptors (Lipinski definition) is 8. The molecule has 0 spiro atoms. The highest BCUT2D eigenvalue weighted by atomic mass is 16.7. The molecular formula is C19H22O8. The largest absolute Gasteiger partial charge is 0.504 e. The van der Waals surface area contributed by atoms with E-state index in [-0.39, 0.29) is 11.5 Å². The van der Waals surface area contributed by atoms with E-state index in [1.54, 1.807) is 30.3 Å². The highest BCUT2D eigenvalue weighted by Crippen LogP contribution is 2.27. The number of benzene rings is 2. The van der Waals surface area contributed by atoms with Crippen LogP contribution in [0, 0.1) is 0 Å². The van der Waals surface area contributed by atoms with Crippen LogP contribution < -0.4 is 4.74 Å². The lowest BCUT2D eigenvalue weighted by Crippen LogP contribution is -2.60. The van der Waals surface area contributed by atoms with Crippen molar-refractivity contribution in [2.45, 2.75) is 37.1 Å². The molecule has 3 rings (SSSR count). The zero-order chi connectivity index (χ0) is 19.6. The fraction of sp³-hybridized carbons (Fsp3) is 0.368. The third-order valence-corrected chi connectivity index (χ3v) is 4.47. The molecule has 1 aliphatic heterocycles. The lowest BCUT2D eigenvalue weighted by Gasteiger charge is -2.39. The van der Waals surface area contributed by atoms with Crippen LogP contribution in [0.2, 0.25) is 0 Å². The fourth-order valence-corrected chi connectivity index (χ4v) is 2.90. The van der Waals surface area contributed by atoms with Crippen molar-refractivity contribution in [1.82, 2.24) is 0 Å². The maximum atomic E-state index is 9.99. The molecule has 8 heteroatoms. The van der Waals surface area contributed by atoms with Gasteiger partial charge in [0.05, 0.1) is 6.61 Å². The van der Waals surface area contributed by atoms with Crippen molar-refractivity contribution >= 4 is 0 Å². The second-order valence-corrected chi connectivity index (χ2v) is 6.46. The van der Waals surface area contributed by atoms with Crippen molar-refractivity contribution in [3.63, 3.8) is 0 Å². The van der Waals surface area contributed by atoms with Crippen LogP contribution in [0.15, 0.2) is 42.5 Å². The third kappa shape index (κ3) is 4.32. The van der Waals surface area contributed by atoms with E-state index < -0.39 is 37.3 Å². The molecule has 0 unspecified atom stereocenters. The molecule has 0 aliphatic carbocycles. The van der Waals surface area contributed by atoms with E-state index >= 15 is 0 Å². The fourth-order valence-electron chi connectivity index (χ4n) is 2.90. The Morgan fingerprint density at radius 2 is 1.48 bits per heavy atom. The summed E-state index contributed by atoms with van der Waals surface area (Å²) in [7, 11) is 0. The van der Waals surface area contributed by atoms with Crippen molar-refractivity contribution in [3.8, 4) is 17.2 Å². The minimum absolute atomic E-state index is 0.179. The molecule has 0 radical (unpaired) electrons. The van der Waals surface area contributed by atoms with Gasteiger partial charge in [-0.15, -0.1) is 0 Å². The average Bonchev–Trinajstić information content (AvgIpc) is 2.66. The maximum Gasteiger partial charge on any atom is 0.229 e. The summed E-state index contributed by atoms with van der Waals surface area (Å²) >= 11 is 0. The van der Waals surface area contributed by atoms with Gasteiger partial charge in [0, 0.05) is 0 Å². The van der Waals surface area contributed by atoms with E-state index in [2.05, 4.69) is 0 Å². The molecule has 0 bridgehead atoms. The first-order valence-corrected chi connectivity index (χ1v) is 8.46. The SMILES string of the molecule is OC[C@H]1O[C@@H](Oc2ccc(Cc3ccc(O)c(O)c3)cc2)[C@H](O)[C@@H](O)[C@@H]1O. The number of phenolic OH excluding ortho intramolecular Hbond substituents is 2. The number of aromatic hydroxyl groups is 2. The zero-order valence-corrected chi connectivity index (χ0v) is 14.3. The van der Waals surface area contributed by atoms with Crippen LogP contribution in [0.3, 0.4) is 0 Å². The number of rotatable bonds is 5. The first-order chi connectivity index (χ1) is 12.9. The van der Waals surface area contributed by atoms with Crippen molar-refractivity contribution < 1.29 is 40.1 Å². The number of ether oxygens (including phenoxy) is 2. The maximum absolute atomic E-state index is 9.99. The van der Waals surface area contributed by atoms with Crippen LogP contribution in [0.25, 0.3) is 0 Å². The van der Waals surface area contributed by atoms with Gasteiger partial charge in [0.15, 0.2) is 11.5 Å². The first-order valence-electron chi connectivity index (χ1n) is 8.46. The molecule has 6 N–H and O–H groups in total. The van der Waals surface area contributed by atoms with E-state index in [0.717, 1.165) is 11.1 Å². The van der Waals surface area contributed by atoms with Crippen molar-refractivity contribution in [2.75, 3.05) is 6.61 Å². The normalized spacial score (nSPS) is 28.1. The summed E-state index contributed by atoms with van der Waals surface area (Å²) in [4.78, 5) is 0. The summed E-state index contributed by atoms with van der Waals surface area (Å²) in [5.74, 6) is 0.00808. The molecule has 8 nitrogen and oxygen atoms in total. The summed E-state index contributed by atoms with van der Waals surface area (Å²) in [5.41, 5.74) is 1.73. The molecule has 1 fully saturated rings. The highest BCUT2D eigenvalue weighted by molar-refractivity contribution is 5.42. The minimum atomic E-state index is -1.50. The quantitative estimate of drug-likeness (QED) is 0.395. The molecule has 5 atom stereocenters. The second-order valence-electron chi connectivity index (χ2n) is 6.46. The van der Waals surface area contributed by atoms with Crippen molar-refractivity contribution in [1.29, 1.82) is 0 Å². The Morgan fingerprint density at radius 3 is 2.11 bits per heavy atom. The predicted octanol–water partition coefficient (Wildman–Crippen LogP) is -0.133. The van der Waals surface area contributed by atoms with Gasteiger partial charge in [0.25, 0.3) is 0 Å². The third-order valence-electron chi connectivity index (χ3n) is 4.47. The van der Waals surface area contributed by atoms with Crippen molar-refractivity contribution in [2.24, 2.45) is 0 Å². The number of aliphatic hydroxyl groups excluding tert-OH is 4. The monoisotopic (exact) mass is 378 g/mol. The lowest BCUT2D eigenvalue weighted by atomic mass is 9.99. The van der Waals surface area contributed by atoms with Gasteiger partial charge in [0.1, 0.15) is 30.2 Å². The Kier molecular flexibility index (Phi) is 5.83. The van der Waals surface area contributed by atoms with Crippen LogP contribution in [-0.4, -0.2) is 68.0 Å². The predicted molar refractivity (Wildman–Crippen MR) is 93.4 cm³/mol. The summed E-state index contributed by atoms with van der Waals surface area (Å²) in [6.07, 6.45) is -6.15. The Morgan fingerprint density at radius 1 is 0.815 bits per heavy atom. The Bertz CT molecular complexity index is 761. The van der Waals surface area contributed by atoms with E-state index in [0.29, 0.717) is 12.2 Å². The van der Waals surface area contributed by atoms with Crippen LogP contribution >= 0.6 is 0 Å². The second kappa shape index (κ2) is 8.12. The lowest BCUT2D eigenvalue weighted by molar-refractivity contribution is -0.277. The summed E-state index contributed by atoms with van der Waals surface area (Å²) < 4.78 is 10.8. The molecule has 0 saturated carbocycles. The first kappa shape index (κ1) is 19.4. The van der Waals surface area contributed by atoms with Gasteiger partial charge in [-0.3, -0.25) is 0 Å². The molecule has 27 heavy (non-hydrogen) atoms. The van der Waals surface area contributed by atoms with Gasteiger partial charge in [-0.05, 0) is 41.8 Å². The number of aliphatic hydroxyl groups is 4. The van der Waals surface area contributed by atoms with Gasteiger partial charge >= 0.3 is 0 Å². The molecular weight excluding hydrogens is 356 g/mol. The smallest absolute Gasteiger partial charge is 0.229 e. The number of hydrogen-bond donors (Lipinski definition) is 6. The van der Waals surface area contributed by atoms with Crippen LogP contribution in [-0.2, 0) is 11.2 Å². The molecule has 146 valence electrons. The molecule has 2 aromatic carbocycles. The minimum Gasteiger partial charge on any atom is -0.504 e. The molecule has 1 aliphatic rings. The van der Waals surface area contributed by atoms with Gasteiger partial charge in [-0.2, -0.15) is 0 Å². The molecule has 0 amide bonds. The molecule has 2 aromatic rings. The average molecular weight is 378 g/mol. The summed E-state index contributed by atoms with van der Waals surface area (Å²) in [6, 6.07) is 11.5. The van der Waals surface area contributed by atoms with E-state index in [9.17, 15) is 30.6 Å². The van der Waals surface area contributed by atoms with E-state index in [4.69, 9.17) is 9.47 Å². The zero-order valence-electron chi connectivity index (χ0n) is 14.3. The van der Waals surface area contributed by atoms with E-state index in [1.165, 1.54) is 12.1 Å². The Balaban J connectivity index is 1.65. The van der Waals surface area contributed by atoms with Crippen LogP contribution in [0.5, 0.6) is 17.2 Å². The summed E-state index contributed by atoms with van der Waals surface area (Å²) in [6.45, 7) is -0.525. The number of phenols is 2. The standard InChI is InChI=1S/C19H22O8/c20-9-15-16(23)17(24)18(25)19(27-15)26-12-4-1-10(2-5-12)7-11-3-6-13(21)14(22)8-11/h1-6,8,15-25H,7,9H2/t15-,16-,17+,18-,19-/m1/s1. The Hall–Kier alpha value is -2.36. The van der Waals surface area contributed by atoms with Gasteiger partial charge in [-0.25, -0.2) is 0 Å². The van der Waals surface area contributed by atoms with E-state index in [1.807, 2.05) is 0 Å². The molecule has 0 aromatic heterocycles. The highest BCUT2D eigenvalue weighted by Gasteiger charge is 2.44. The molecule has 1 saturated heterocycles. The van der Waals surface area contributed by atoms with Crippen LogP contribution in [0.1, 0.15) is 11.1 Å². The van der Waals surface area contributed by atoms with Gasteiger partial charge in [0.2, 0.25) is 6.29 Å². The Labute approximate surface area is 155 Å². The molecule has 1 heterocycles. The van der Waals surface area contributed by atoms with Gasteiger partial charge in [-0.1, -0.05) is 18.2 Å².